The number of unbranched alkanes of at least 4 members (excludes halogenated alkanes) is 2. The highest BCUT2D eigenvalue weighted by atomic mass is 16.8. The van der Waals surface area contributed by atoms with E-state index in [2.05, 4.69) is 0 Å². The normalized spacial score (nSPS) is 48.8. The van der Waals surface area contributed by atoms with E-state index in [0.717, 1.165) is 0 Å². The van der Waals surface area contributed by atoms with Crippen molar-refractivity contribution in [1.29, 1.82) is 0 Å². The molecule has 0 bridgehead atoms. The van der Waals surface area contributed by atoms with Gasteiger partial charge in [0.25, 0.3) is 0 Å². The van der Waals surface area contributed by atoms with E-state index in [9.17, 15) is 107 Å². The Hall–Kier alpha value is -2.26. The van der Waals surface area contributed by atoms with E-state index in [-0.39, 0.29) is 6.61 Å². The fourth-order valence-electron chi connectivity index (χ4n) is 9.20. The van der Waals surface area contributed by atoms with E-state index >= 15 is 0 Å². The lowest BCUT2D eigenvalue weighted by molar-refractivity contribution is -0.394. The lowest BCUT2D eigenvalue weighted by atomic mass is 9.95. The summed E-state index contributed by atoms with van der Waals surface area (Å²) >= 11 is 0. The first-order valence-corrected chi connectivity index (χ1v) is 23.8. The van der Waals surface area contributed by atoms with Crippen LogP contribution >= 0.6 is 0 Å². The number of carbonyl (C=O) groups is 2. The molecule has 6 fully saturated rings. The number of carboxylic acids is 2. The van der Waals surface area contributed by atoms with Crippen molar-refractivity contribution >= 4 is 11.9 Å². The standard InChI is InChI=1S/C41H69NO33/c42-4-2-1-3-5-64-36-22(55)19(52)30(32(74-36)34(60)61)73-40-25(58)18(51)28(12(8-45)68-40)70-38-23(56)16(49)27(11(7-44)66-38)69-39-24(57)17(50)29(13(9-46)67-39)71-41-26(59)20(53)31(33(75-41)35(62)63)72-37-21(54)15(48)14(47)10(6-43)65-37/h10-33,36-41,43-59H,1-9,42H2,(H,60,61)(H,62,63)/t10?,11?,12?,13?,14-,15?,16?,17?,18?,19?,20?,21-,22?,23?,24?,25?,26?,27+,28-,29+,30-,31-,32?,33?,36+,37+,38+,39-,40+,41+/m0/s1. The minimum atomic E-state index is -2.30. The van der Waals surface area contributed by atoms with Gasteiger partial charge in [-0.05, 0) is 25.8 Å². The topological polar surface area (TPSA) is 555 Å². The van der Waals surface area contributed by atoms with Crippen molar-refractivity contribution in [3.63, 3.8) is 0 Å². The second kappa shape index (κ2) is 27.3. The Bertz CT molecular complexity index is 1770. The van der Waals surface area contributed by atoms with Crippen LogP contribution in [-0.2, 0) is 66.4 Å². The van der Waals surface area contributed by atoms with Gasteiger partial charge in [0.15, 0.2) is 49.9 Å². The summed E-state index contributed by atoms with van der Waals surface area (Å²) in [4.78, 5) is 24.5. The van der Waals surface area contributed by atoms with Crippen molar-refractivity contribution in [2.75, 3.05) is 39.6 Å². The summed E-state index contributed by atoms with van der Waals surface area (Å²) < 4.78 is 65.8. The van der Waals surface area contributed by atoms with Gasteiger partial charge in [0, 0.05) is 6.61 Å². The van der Waals surface area contributed by atoms with E-state index < -0.39 is 223 Å². The number of nitrogens with two attached hydrogens (primary N) is 1. The second-order valence-electron chi connectivity index (χ2n) is 18.5. The zero-order valence-corrected chi connectivity index (χ0v) is 39.5. The van der Waals surface area contributed by atoms with Gasteiger partial charge in [-0.2, -0.15) is 0 Å². The molecule has 34 nitrogen and oxygen atoms in total. The van der Waals surface area contributed by atoms with Gasteiger partial charge in [-0.25, -0.2) is 9.59 Å². The van der Waals surface area contributed by atoms with Crippen molar-refractivity contribution in [3.05, 3.63) is 0 Å². The summed E-state index contributed by atoms with van der Waals surface area (Å²) in [6.07, 6.45) is -59.1. The van der Waals surface area contributed by atoms with Crippen LogP contribution in [0.3, 0.4) is 0 Å². The van der Waals surface area contributed by atoms with Gasteiger partial charge in [-0.3, -0.25) is 0 Å². The van der Waals surface area contributed by atoms with Crippen LogP contribution in [0.2, 0.25) is 0 Å². The van der Waals surface area contributed by atoms with Crippen LogP contribution in [0.5, 0.6) is 0 Å². The molecular weight excluding hydrogens is 1030 g/mol. The quantitative estimate of drug-likeness (QED) is 0.0448. The first-order valence-electron chi connectivity index (χ1n) is 23.8. The third-order valence-electron chi connectivity index (χ3n) is 13.5. The predicted molar refractivity (Wildman–Crippen MR) is 227 cm³/mol. The van der Waals surface area contributed by atoms with Crippen LogP contribution in [-0.4, -0.2) is 333 Å². The van der Waals surface area contributed by atoms with Crippen LogP contribution in [0.4, 0.5) is 0 Å². The molecule has 0 radical (unpaired) electrons. The highest BCUT2D eigenvalue weighted by Crippen LogP contribution is 2.37. The first-order chi connectivity index (χ1) is 35.5. The van der Waals surface area contributed by atoms with Gasteiger partial charge in [0.1, 0.15) is 134 Å². The third-order valence-corrected chi connectivity index (χ3v) is 13.5. The lowest BCUT2D eigenvalue weighted by Crippen LogP contribution is -2.68. The van der Waals surface area contributed by atoms with E-state index in [1.165, 1.54) is 0 Å². The highest BCUT2D eigenvalue weighted by molar-refractivity contribution is 5.74. The average molecular weight is 1100 g/mol. The molecular formula is C41H69NO33. The molecule has 34 heteroatoms. The number of ether oxygens (including phenoxy) is 12. The molecule has 75 heavy (non-hydrogen) atoms. The molecule has 30 atom stereocenters. The van der Waals surface area contributed by atoms with Crippen molar-refractivity contribution in [1.82, 2.24) is 0 Å². The van der Waals surface area contributed by atoms with Crippen molar-refractivity contribution < 1.29 is 163 Å². The summed E-state index contributed by atoms with van der Waals surface area (Å²) in [6, 6.07) is 0. The number of hydrogen-bond acceptors (Lipinski definition) is 32. The van der Waals surface area contributed by atoms with Gasteiger partial charge in [-0.15, -0.1) is 0 Å². The fraction of sp³-hybridized carbons (Fsp3) is 0.951. The van der Waals surface area contributed by atoms with E-state index in [4.69, 9.17) is 62.6 Å². The number of carboxylic acid groups (broad SMARTS) is 2. The first kappa shape index (κ1) is 61.9. The summed E-state index contributed by atoms with van der Waals surface area (Å²) in [7, 11) is 0. The van der Waals surface area contributed by atoms with Crippen LogP contribution in [0, 0.1) is 0 Å². The summed E-state index contributed by atoms with van der Waals surface area (Å²) in [5.41, 5.74) is 5.47. The molecule has 0 aliphatic carbocycles. The van der Waals surface area contributed by atoms with Gasteiger partial charge in [-0.1, -0.05) is 0 Å². The molecule has 6 saturated heterocycles. The maximum atomic E-state index is 12.3. The molecule has 6 rings (SSSR count). The molecule has 6 aliphatic heterocycles. The number of aliphatic hydroxyl groups excluding tert-OH is 17. The molecule has 6 heterocycles. The monoisotopic (exact) mass is 1100 g/mol. The highest BCUT2D eigenvalue weighted by Gasteiger charge is 2.58. The van der Waals surface area contributed by atoms with Crippen LogP contribution in [0.1, 0.15) is 19.3 Å². The Kier molecular flexibility index (Phi) is 22.5. The molecule has 0 saturated carbocycles. The summed E-state index contributed by atoms with van der Waals surface area (Å²) in [6.45, 7) is -3.72. The Morgan fingerprint density at radius 3 is 0.987 bits per heavy atom. The maximum Gasteiger partial charge on any atom is 0.335 e. The number of aliphatic carboxylic acids is 2. The lowest BCUT2D eigenvalue weighted by Gasteiger charge is -2.49. The van der Waals surface area contributed by atoms with Gasteiger partial charge in [0.2, 0.25) is 0 Å². The Balaban J connectivity index is 1.07. The Morgan fingerprint density at radius 1 is 0.347 bits per heavy atom. The van der Waals surface area contributed by atoms with E-state index in [0.29, 0.717) is 25.8 Å². The smallest absolute Gasteiger partial charge is 0.335 e. The van der Waals surface area contributed by atoms with E-state index in [1.54, 1.807) is 0 Å². The minimum absolute atomic E-state index is 0.00181. The van der Waals surface area contributed by atoms with Crippen LogP contribution in [0.25, 0.3) is 0 Å². The summed E-state index contributed by atoms with van der Waals surface area (Å²) in [5, 5.41) is 201. The molecule has 6 aliphatic rings. The number of aliphatic hydroxyl groups is 17. The maximum absolute atomic E-state index is 12.3. The molecule has 0 aromatic heterocycles. The van der Waals surface area contributed by atoms with Crippen LogP contribution < -0.4 is 5.73 Å². The SMILES string of the molecule is NCCCCCO[C@@H]1OC(C(=O)O)[C@@H](O[C@H]2OC(CO)[C@H](O[C@H]3OC(CO)[C@@H](O[C@@H]4OC(CO)[C@@H](O[C@@H]5OC(C(=O)O)[C@@H](O[C@H]6OC(CO)[C@H](O)C(O)[C@@H]6O)C(O)C5O)C(O)C4O)C(O)C3O)C(O)C2O)C(O)C1O. The number of hydrogen-bond donors (Lipinski definition) is 20. The molecule has 0 aromatic carbocycles. The van der Waals surface area contributed by atoms with Gasteiger partial charge >= 0.3 is 11.9 Å². The fourth-order valence-corrected chi connectivity index (χ4v) is 9.20. The van der Waals surface area contributed by atoms with Crippen molar-refractivity contribution in [2.24, 2.45) is 5.73 Å². The van der Waals surface area contributed by atoms with Crippen molar-refractivity contribution in [3.8, 4) is 0 Å². The molecule has 0 aromatic rings. The van der Waals surface area contributed by atoms with Gasteiger partial charge < -0.3 is 160 Å². The zero-order chi connectivity index (χ0) is 55.3. The zero-order valence-electron chi connectivity index (χ0n) is 39.5. The Labute approximate surface area is 423 Å². The second-order valence-corrected chi connectivity index (χ2v) is 18.5. The van der Waals surface area contributed by atoms with E-state index in [1.807, 2.05) is 0 Å². The predicted octanol–water partition coefficient (Wildman–Crippen LogP) is -12.8. The van der Waals surface area contributed by atoms with Crippen LogP contribution in [0.15, 0.2) is 0 Å². The Morgan fingerprint density at radius 2 is 0.640 bits per heavy atom. The number of rotatable bonds is 22. The largest absolute Gasteiger partial charge is 0.479 e. The average Bonchev–Trinajstić information content (AvgIpc) is 3.38. The van der Waals surface area contributed by atoms with Gasteiger partial charge in [0.05, 0.1) is 26.4 Å². The molecule has 17 unspecified atom stereocenters. The third kappa shape index (κ3) is 13.5. The molecule has 0 amide bonds. The molecule has 0 spiro atoms. The van der Waals surface area contributed by atoms with Crippen molar-refractivity contribution in [2.45, 2.75) is 203 Å². The molecule has 436 valence electrons. The molecule has 21 N–H and O–H groups in total. The summed E-state index contributed by atoms with van der Waals surface area (Å²) in [5.74, 6) is -3.57. The minimum Gasteiger partial charge on any atom is -0.479 e.